The van der Waals surface area contributed by atoms with Gasteiger partial charge >= 0.3 is 5.97 Å². The lowest BCUT2D eigenvalue weighted by Crippen LogP contribution is -2.28. The Hall–Kier alpha value is -0.910. The number of rotatable bonds is 3. The topological polar surface area (TPSA) is 54.4 Å². The van der Waals surface area contributed by atoms with Gasteiger partial charge in [-0.05, 0) is 19.4 Å². The molecular weight excluding hydrogens is 307 g/mol. The van der Waals surface area contributed by atoms with E-state index in [0.717, 1.165) is 0 Å². The summed E-state index contributed by atoms with van der Waals surface area (Å²) < 4.78 is -0.0488. The van der Waals surface area contributed by atoms with E-state index in [1.165, 1.54) is 0 Å². The Bertz CT molecular complexity index is 393. The second-order valence-corrected chi connectivity index (χ2v) is 4.76. The van der Waals surface area contributed by atoms with Gasteiger partial charge < -0.3 is 5.11 Å². The summed E-state index contributed by atoms with van der Waals surface area (Å²) in [5, 5.41) is 9.00. The third-order valence-electron chi connectivity index (χ3n) is 2.37. The Kier molecular flexibility index (Phi) is 3.49. The second-order valence-electron chi connectivity index (χ2n) is 3.78. The molecule has 0 radical (unpaired) electrons. The molecule has 3 nitrogen and oxygen atoms in total. The van der Waals surface area contributed by atoms with Gasteiger partial charge in [-0.3, -0.25) is 9.59 Å². The summed E-state index contributed by atoms with van der Waals surface area (Å²) in [5.41, 5.74) is 0.351. The molecule has 0 heterocycles. The molecule has 0 saturated carbocycles. The van der Waals surface area contributed by atoms with E-state index < -0.39 is 11.4 Å². The summed E-state index contributed by atoms with van der Waals surface area (Å²) in [7, 11) is 0. The molecule has 0 spiro atoms. The van der Waals surface area contributed by atoms with Crippen molar-refractivity contribution in [3.8, 4) is 0 Å². The van der Waals surface area contributed by atoms with Crippen molar-refractivity contribution in [2.45, 2.75) is 19.3 Å². The van der Waals surface area contributed by atoms with E-state index in [0.29, 0.717) is 11.1 Å². The summed E-state index contributed by atoms with van der Waals surface area (Å²) in [5.74, 6) is -0.879. The third kappa shape index (κ3) is 2.56. The lowest BCUT2D eigenvalue weighted by Gasteiger charge is -2.19. The van der Waals surface area contributed by atoms with E-state index in [4.69, 9.17) is 5.11 Å². The van der Waals surface area contributed by atoms with Crippen LogP contribution in [0, 0.1) is 0 Å². The number of hydrogen-bond acceptors (Lipinski definition) is 2. The van der Waals surface area contributed by atoms with Crippen LogP contribution in [0.25, 0.3) is 0 Å². The minimum atomic E-state index is -0.924. The van der Waals surface area contributed by atoms with Gasteiger partial charge in [-0.1, -0.05) is 24.3 Å². The molecule has 1 rings (SSSR count). The van der Waals surface area contributed by atoms with Crippen molar-refractivity contribution < 1.29 is 14.7 Å². The highest BCUT2D eigenvalue weighted by Gasteiger charge is 2.29. The third-order valence-corrected chi connectivity index (χ3v) is 2.99. The smallest absolute Gasteiger partial charge is 0.313 e. The van der Waals surface area contributed by atoms with Gasteiger partial charge in [0.05, 0.1) is 5.41 Å². The van der Waals surface area contributed by atoms with Crippen molar-refractivity contribution >= 4 is 32.4 Å². The first-order valence-corrected chi connectivity index (χ1v) is 5.47. The molecule has 4 heteroatoms. The normalized spacial score (nSPS) is 11.1. The highest BCUT2D eigenvalue weighted by molar-refractivity contribution is 14.1. The number of carboxylic acid groups (broad SMARTS) is 1. The molecule has 80 valence electrons. The summed E-state index contributed by atoms with van der Waals surface area (Å²) in [6.45, 7) is 3.27. The predicted octanol–water partition coefficient (Wildman–Crippen LogP) is 2.62. The van der Waals surface area contributed by atoms with Crippen molar-refractivity contribution in [1.29, 1.82) is 0 Å². The van der Waals surface area contributed by atoms with Crippen LogP contribution >= 0.6 is 22.6 Å². The van der Waals surface area contributed by atoms with Crippen molar-refractivity contribution in [2.75, 3.05) is 0 Å². The maximum atomic E-state index is 11.0. The van der Waals surface area contributed by atoms with Gasteiger partial charge in [0.25, 0.3) is 0 Å². The van der Waals surface area contributed by atoms with Crippen LogP contribution in [0.3, 0.4) is 0 Å². The first-order chi connectivity index (χ1) is 6.85. The Labute approximate surface area is 102 Å². The molecule has 0 bridgehead atoms. The molecule has 0 aromatic heterocycles. The average Bonchev–Trinajstić information content (AvgIpc) is 2.17. The fourth-order valence-electron chi connectivity index (χ4n) is 1.14. The van der Waals surface area contributed by atoms with Crippen molar-refractivity contribution in [3.05, 3.63) is 35.4 Å². The van der Waals surface area contributed by atoms with Gasteiger partial charge in [0.2, 0.25) is 3.79 Å². The Morgan fingerprint density at radius 3 is 2.00 bits per heavy atom. The highest BCUT2D eigenvalue weighted by Crippen LogP contribution is 2.24. The zero-order valence-corrected chi connectivity index (χ0v) is 10.6. The predicted molar refractivity (Wildman–Crippen MR) is 65.5 cm³/mol. The molecule has 0 saturated heterocycles. The van der Waals surface area contributed by atoms with Crippen LogP contribution in [0.15, 0.2) is 24.3 Å². The standard InChI is InChI=1S/C11H11IO3/c1-11(2,10(14)15)8-5-3-7(4-6-8)9(12)13/h3-6H,1-2H3,(H,14,15). The van der Waals surface area contributed by atoms with E-state index in [-0.39, 0.29) is 3.79 Å². The van der Waals surface area contributed by atoms with Crippen molar-refractivity contribution in [1.82, 2.24) is 0 Å². The fraction of sp³-hybridized carbons (Fsp3) is 0.273. The van der Waals surface area contributed by atoms with Crippen LogP contribution in [0.4, 0.5) is 0 Å². The summed E-state index contributed by atoms with van der Waals surface area (Å²) >= 11 is 1.70. The Balaban J connectivity index is 3.09. The summed E-state index contributed by atoms with van der Waals surface area (Å²) in [4.78, 5) is 22.0. The van der Waals surface area contributed by atoms with Crippen molar-refractivity contribution in [3.63, 3.8) is 0 Å². The molecular formula is C11H11IO3. The largest absolute Gasteiger partial charge is 0.481 e. The lowest BCUT2D eigenvalue weighted by atomic mass is 9.84. The lowest BCUT2D eigenvalue weighted by molar-refractivity contribution is -0.142. The van der Waals surface area contributed by atoms with Gasteiger partial charge in [0.15, 0.2) is 0 Å². The molecule has 1 N–H and O–H groups in total. The molecule has 0 atom stereocenters. The maximum absolute atomic E-state index is 11.0. The van der Waals surface area contributed by atoms with Crippen molar-refractivity contribution in [2.24, 2.45) is 0 Å². The number of halogens is 1. The molecule has 0 amide bonds. The highest BCUT2D eigenvalue weighted by atomic mass is 127. The van der Waals surface area contributed by atoms with Crippen LogP contribution in [-0.4, -0.2) is 14.9 Å². The average molecular weight is 318 g/mol. The fourth-order valence-corrected chi connectivity index (χ4v) is 1.50. The Morgan fingerprint density at radius 1 is 1.20 bits per heavy atom. The van der Waals surface area contributed by atoms with Gasteiger partial charge in [0, 0.05) is 28.2 Å². The summed E-state index contributed by atoms with van der Waals surface area (Å²) in [6.07, 6.45) is 0. The molecule has 0 aliphatic rings. The molecule has 15 heavy (non-hydrogen) atoms. The Morgan fingerprint density at radius 2 is 1.67 bits per heavy atom. The monoisotopic (exact) mass is 318 g/mol. The molecule has 1 aromatic carbocycles. The van der Waals surface area contributed by atoms with Gasteiger partial charge in [0.1, 0.15) is 0 Å². The second kappa shape index (κ2) is 4.30. The zero-order valence-electron chi connectivity index (χ0n) is 8.45. The van der Waals surface area contributed by atoms with Crippen LogP contribution < -0.4 is 0 Å². The van der Waals surface area contributed by atoms with Gasteiger partial charge in [-0.2, -0.15) is 0 Å². The number of hydrogen-bond donors (Lipinski definition) is 1. The molecule has 0 aliphatic carbocycles. The first kappa shape index (κ1) is 12.2. The van der Waals surface area contributed by atoms with Crippen LogP contribution in [0.5, 0.6) is 0 Å². The van der Waals surface area contributed by atoms with E-state index in [9.17, 15) is 9.59 Å². The number of carbonyl (C=O) groups excluding carboxylic acids is 1. The molecule has 0 fully saturated rings. The molecule has 0 aliphatic heterocycles. The zero-order chi connectivity index (χ0) is 11.6. The number of carbonyl (C=O) groups is 2. The van der Waals surface area contributed by atoms with Crippen LogP contribution in [-0.2, 0) is 10.2 Å². The SMILES string of the molecule is CC(C)(C(=O)O)c1ccc(C(=O)I)cc1. The van der Waals surface area contributed by atoms with Gasteiger partial charge in [-0.25, -0.2) is 0 Å². The van der Waals surface area contributed by atoms with E-state index in [1.807, 2.05) is 0 Å². The van der Waals surface area contributed by atoms with E-state index in [1.54, 1.807) is 60.7 Å². The number of benzene rings is 1. The molecule has 0 unspecified atom stereocenters. The minimum absolute atomic E-state index is 0.0488. The maximum Gasteiger partial charge on any atom is 0.313 e. The van der Waals surface area contributed by atoms with Crippen LogP contribution in [0.2, 0.25) is 0 Å². The number of carboxylic acids is 1. The first-order valence-electron chi connectivity index (χ1n) is 4.39. The minimum Gasteiger partial charge on any atom is -0.481 e. The van der Waals surface area contributed by atoms with E-state index in [2.05, 4.69) is 0 Å². The molecule has 1 aromatic rings. The quantitative estimate of drug-likeness (QED) is 0.688. The van der Waals surface area contributed by atoms with Crippen LogP contribution in [0.1, 0.15) is 29.8 Å². The van der Waals surface area contributed by atoms with E-state index >= 15 is 0 Å². The van der Waals surface area contributed by atoms with Gasteiger partial charge in [-0.15, -0.1) is 0 Å². The summed E-state index contributed by atoms with van der Waals surface area (Å²) in [6, 6.07) is 6.66. The number of aliphatic carboxylic acids is 1.